The molecular formula is C2H5NaO7S2. The fourth-order valence-corrected chi connectivity index (χ4v) is 0.928. The van der Waals surface area contributed by atoms with Gasteiger partial charge in [0, 0.05) is 0 Å². The summed E-state index contributed by atoms with van der Waals surface area (Å²) in [5, 5.41) is 0. The Balaban J connectivity index is 0. The summed E-state index contributed by atoms with van der Waals surface area (Å²) in [6.07, 6.45) is 0. The van der Waals surface area contributed by atoms with Crippen LogP contribution in [-0.4, -0.2) is 38.3 Å². The topological polar surface area (TPSA) is 121 Å². The molecular weight excluding hydrogens is 223 g/mol. The van der Waals surface area contributed by atoms with Crippen LogP contribution in [0.4, 0.5) is 0 Å². The van der Waals surface area contributed by atoms with E-state index in [1.807, 2.05) is 0 Å². The van der Waals surface area contributed by atoms with E-state index < -0.39 is 32.9 Å². The van der Waals surface area contributed by atoms with Crippen molar-refractivity contribution in [3.05, 3.63) is 0 Å². The monoisotopic (exact) mass is 228 g/mol. The second-order valence-electron chi connectivity index (χ2n) is 1.52. The Morgan fingerprint density at radius 2 is 1.67 bits per heavy atom. The van der Waals surface area contributed by atoms with E-state index in [1.54, 1.807) is 0 Å². The molecule has 12 heavy (non-hydrogen) atoms. The third kappa shape index (κ3) is 13.4. The second kappa shape index (κ2) is 5.50. The molecule has 0 heterocycles. The van der Waals surface area contributed by atoms with Crippen LogP contribution in [0.15, 0.2) is 0 Å². The van der Waals surface area contributed by atoms with E-state index in [2.05, 4.69) is 4.18 Å². The maximum Gasteiger partial charge on any atom is 1.00 e. The van der Waals surface area contributed by atoms with Gasteiger partial charge in [-0.1, -0.05) is 0 Å². The van der Waals surface area contributed by atoms with Crippen LogP contribution >= 0.6 is 0 Å². The third-order valence-corrected chi connectivity index (χ3v) is 1.71. The molecule has 0 saturated carbocycles. The van der Waals surface area contributed by atoms with Gasteiger partial charge in [-0.2, -0.15) is 8.42 Å². The predicted molar refractivity (Wildman–Crippen MR) is 32.1 cm³/mol. The van der Waals surface area contributed by atoms with Gasteiger partial charge in [0.05, 0.1) is 6.61 Å². The van der Waals surface area contributed by atoms with Crippen LogP contribution in [0.1, 0.15) is 0 Å². The average molecular weight is 228 g/mol. The molecule has 0 aromatic rings. The molecule has 0 atom stereocenters. The van der Waals surface area contributed by atoms with Crippen molar-refractivity contribution in [1.82, 2.24) is 0 Å². The van der Waals surface area contributed by atoms with Crippen molar-refractivity contribution in [2.45, 2.75) is 0 Å². The van der Waals surface area contributed by atoms with Gasteiger partial charge >= 0.3 is 29.6 Å². The molecule has 1 N–H and O–H groups in total. The van der Waals surface area contributed by atoms with E-state index in [1.165, 1.54) is 0 Å². The molecule has 0 aliphatic rings. The zero-order chi connectivity index (χ0) is 9.12. The molecule has 0 spiro atoms. The van der Waals surface area contributed by atoms with Gasteiger partial charge in [0.25, 0.3) is 10.1 Å². The summed E-state index contributed by atoms with van der Waals surface area (Å²) in [4.78, 5) is 0. The first-order valence-electron chi connectivity index (χ1n) is 2.26. The first kappa shape index (κ1) is 15.3. The van der Waals surface area contributed by atoms with Crippen LogP contribution < -0.4 is 29.6 Å². The van der Waals surface area contributed by atoms with Gasteiger partial charge in [0.1, 0.15) is 5.75 Å². The molecule has 68 valence electrons. The smallest absolute Gasteiger partial charge is 0.726 e. The molecule has 0 fully saturated rings. The van der Waals surface area contributed by atoms with Crippen LogP contribution in [0.2, 0.25) is 0 Å². The van der Waals surface area contributed by atoms with Gasteiger partial charge < -0.3 is 4.55 Å². The van der Waals surface area contributed by atoms with Crippen molar-refractivity contribution in [3.63, 3.8) is 0 Å². The molecule has 0 amide bonds. The summed E-state index contributed by atoms with van der Waals surface area (Å²) in [6.45, 7) is -0.870. The minimum absolute atomic E-state index is 0. The average Bonchev–Trinajstić information content (AvgIpc) is 1.55. The Morgan fingerprint density at radius 1 is 1.25 bits per heavy atom. The van der Waals surface area contributed by atoms with E-state index in [0.717, 1.165) is 0 Å². The Kier molecular flexibility index (Phi) is 6.99. The van der Waals surface area contributed by atoms with E-state index in [-0.39, 0.29) is 29.6 Å². The molecule has 0 aliphatic heterocycles. The van der Waals surface area contributed by atoms with Gasteiger partial charge in [-0.15, -0.1) is 0 Å². The first-order chi connectivity index (χ1) is 4.71. The Hall–Kier alpha value is 0.780. The zero-order valence-electron chi connectivity index (χ0n) is 6.13. The summed E-state index contributed by atoms with van der Waals surface area (Å²) in [5.74, 6) is -0.922. The van der Waals surface area contributed by atoms with Crippen LogP contribution in [0, 0.1) is 0 Å². The maximum absolute atomic E-state index is 9.90. The number of hydrogen-bond acceptors (Lipinski definition) is 6. The van der Waals surface area contributed by atoms with E-state index >= 15 is 0 Å². The molecule has 0 aromatic heterocycles. The van der Waals surface area contributed by atoms with Crippen molar-refractivity contribution >= 4 is 20.5 Å². The maximum atomic E-state index is 9.90. The number of rotatable bonds is 4. The Labute approximate surface area is 92.1 Å². The zero-order valence-corrected chi connectivity index (χ0v) is 9.76. The fourth-order valence-electron chi connectivity index (χ4n) is 0.241. The first-order valence-corrected chi connectivity index (χ1v) is 5.20. The second-order valence-corrected chi connectivity index (χ2v) is 4.14. The molecule has 0 radical (unpaired) electrons. The Morgan fingerprint density at radius 3 is 1.92 bits per heavy atom. The van der Waals surface area contributed by atoms with Gasteiger partial charge in [0.15, 0.2) is 0 Å². The van der Waals surface area contributed by atoms with Gasteiger partial charge in [-0.05, 0) is 0 Å². The van der Waals surface area contributed by atoms with Crippen molar-refractivity contribution in [3.8, 4) is 0 Å². The standard InChI is InChI=1S/C2H6O7S2.Na/c3-10(4,5)2-1-9-11(6,7)8;/h1-2H2,(H,3,4,5)(H,6,7,8);/q;+1/p-1. The SMILES string of the molecule is O=S(=O)(O)CCOS(=O)(=O)[O-].[Na+]. The predicted octanol–water partition coefficient (Wildman–Crippen LogP) is -4.64. The van der Waals surface area contributed by atoms with E-state index in [9.17, 15) is 21.4 Å². The summed E-state index contributed by atoms with van der Waals surface area (Å²) in [7, 11) is -9.15. The van der Waals surface area contributed by atoms with Crippen molar-refractivity contribution in [2.24, 2.45) is 0 Å². The quantitative estimate of drug-likeness (QED) is 0.291. The molecule has 10 heteroatoms. The molecule has 0 aromatic carbocycles. The molecule has 0 bridgehead atoms. The summed E-state index contributed by atoms with van der Waals surface area (Å²) in [5.41, 5.74) is 0. The Bertz CT molecular complexity index is 268. The van der Waals surface area contributed by atoms with E-state index in [0.29, 0.717) is 0 Å². The normalized spacial score (nSPS) is 12.2. The minimum Gasteiger partial charge on any atom is -0.726 e. The molecule has 0 aliphatic carbocycles. The van der Waals surface area contributed by atoms with Crippen LogP contribution in [-0.2, 0) is 24.7 Å². The van der Waals surface area contributed by atoms with Crippen molar-refractivity contribution in [2.75, 3.05) is 12.4 Å². The van der Waals surface area contributed by atoms with Crippen molar-refractivity contribution < 1.29 is 59.7 Å². The fraction of sp³-hybridized carbons (Fsp3) is 1.00. The summed E-state index contributed by atoms with van der Waals surface area (Å²) in [6, 6.07) is 0. The van der Waals surface area contributed by atoms with Crippen LogP contribution in [0.3, 0.4) is 0 Å². The summed E-state index contributed by atoms with van der Waals surface area (Å²) >= 11 is 0. The van der Waals surface area contributed by atoms with E-state index in [4.69, 9.17) is 4.55 Å². The van der Waals surface area contributed by atoms with Gasteiger partial charge in [-0.3, -0.25) is 8.74 Å². The summed E-state index contributed by atoms with van der Waals surface area (Å²) < 4.78 is 60.3. The van der Waals surface area contributed by atoms with Gasteiger partial charge in [0.2, 0.25) is 10.4 Å². The van der Waals surface area contributed by atoms with Gasteiger partial charge in [-0.25, -0.2) is 8.42 Å². The molecule has 0 saturated heterocycles. The minimum atomic E-state index is -4.87. The van der Waals surface area contributed by atoms with Crippen LogP contribution in [0.5, 0.6) is 0 Å². The largest absolute Gasteiger partial charge is 1.00 e. The third-order valence-electron chi connectivity index (χ3n) is 0.569. The molecule has 0 rings (SSSR count). The molecule has 0 unspecified atom stereocenters. The molecule has 7 nitrogen and oxygen atoms in total. The number of hydrogen-bond donors (Lipinski definition) is 1. The van der Waals surface area contributed by atoms with Crippen LogP contribution in [0.25, 0.3) is 0 Å². The van der Waals surface area contributed by atoms with Crippen molar-refractivity contribution in [1.29, 1.82) is 0 Å².